The van der Waals surface area contributed by atoms with Gasteiger partial charge in [0.25, 0.3) is 0 Å². The van der Waals surface area contributed by atoms with E-state index in [9.17, 15) is 0 Å². The van der Waals surface area contributed by atoms with Gasteiger partial charge in [-0.2, -0.15) is 5.10 Å². The maximum Gasteiger partial charge on any atom is 0.0843 e. The van der Waals surface area contributed by atoms with Crippen LogP contribution in [0.4, 0.5) is 0 Å². The number of aromatic nitrogens is 2. The van der Waals surface area contributed by atoms with E-state index >= 15 is 0 Å². The zero-order valence-corrected chi connectivity index (χ0v) is 16.6. The van der Waals surface area contributed by atoms with E-state index in [1.165, 1.54) is 10.6 Å². The van der Waals surface area contributed by atoms with Crippen LogP contribution in [-0.4, -0.2) is 16.3 Å². The zero-order valence-electron chi connectivity index (χ0n) is 12.6. The smallest absolute Gasteiger partial charge is 0.0843 e. The molecular formula is C15H21Br2N3S. The van der Waals surface area contributed by atoms with Crippen molar-refractivity contribution in [2.45, 2.75) is 46.2 Å². The fourth-order valence-electron chi connectivity index (χ4n) is 2.37. The molecule has 0 aromatic carbocycles. The predicted molar refractivity (Wildman–Crippen MR) is 97.1 cm³/mol. The van der Waals surface area contributed by atoms with Gasteiger partial charge in [0.15, 0.2) is 0 Å². The Morgan fingerprint density at radius 3 is 2.67 bits per heavy atom. The van der Waals surface area contributed by atoms with Crippen molar-refractivity contribution < 1.29 is 0 Å². The van der Waals surface area contributed by atoms with Gasteiger partial charge in [-0.25, -0.2) is 0 Å². The first-order chi connectivity index (χ1) is 10.0. The predicted octanol–water partition coefficient (Wildman–Crippen LogP) is 5.08. The summed E-state index contributed by atoms with van der Waals surface area (Å²) in [6, 6.07) is 4.74. The lowest BCUT2D eigenvalue weighted by Crippen LogP contribution is -2.24. The van der Waals surface area contributed by atoms with E-state index < -0.39 is 0 Å². The van der Waals surface area contributed by atoms with Crippen LogP contribution in [0.3, 0.4) is 0 Å². The van der Waals surface area contributed by atoms with Crippen LogP contribution in [0.2, 0.25) is 0 Å². The Morgan fingerprint density at radius 1 is 1.33 bits per heavy atom. The van der Waals surface area contributed by atoms with Gasteiger partial charge in [0, 0.05) is 34.1 Å². The lowest BCUT2D eigenvalue weighted by atomic mass is 10.1. The summed E-state index contributed by atoms with van der Waals surface area (Å²) in [6.45, 7) is 8.34. The molecule has 0 saturated heterocycles. The van der Waals surface area contributed by atoms with Crippen molar-refractivity contribution in [3.8, 4) is 0 Å². The molecule has 0 saturated carbocycles. The first-order valence-corrected chi connectivity index (χ1v) is 9.66. The topological polar surface area (TPSA) is 29.9 Å². The zero-order chi connectivity index (χ0) is 15.4. The molecule has 0 spiro atoms. The molecule has 0 aliphatic carbocycles. The second kappa shape index (κ2) is 7.90. The molecule has 2 aromatic heterocycles. The van der Waals surface area contributed by atoms with Gasteiger partial charge >= 0.3 is 0 Å². The molecule has 2 aromatic rings. The van der Waals surface area contributed by atoms with E-state index in [-0.39, 0.29) is 0 Å². The molecule has 0 fully saturated rings. The van der Waals surface area contributed by atoms with Gasteiger partial charge in [-0.05, 0) is 70.8 Å². The fraction of sp³-hybridized carbons (Fsp3) is 0.533. The maximum absolute atomic E-state index is 4.55. The minimum absolute atomic E-state index is 0.332. The summed E-state index contributed by atoms with van der Waals surface area (Å²) >= 11 is 8.98. The van der Waals surface area contributed by atoms with Crippen molar-refractivity contribution >= 4 is 43.2 Å². The highest BCUT2D eigenvalue weighted by atomic mass is 79.9. The van der Waals surface area contributed by atoms with Crippen molar-refractivity contribution in [1.82, 2.24) is 15.1 Å². The summed E-state index contributed by atoms with van der Waals surface area (Å²) < 4.78 is 4.39. The van der Waals surface area contributed by atoms with E-state index in [4.69, 9.17) is 0 Å². The minimum atomic E-state index is 0.332. The van der Waals surface area contributed by atoms with Crippen molar-refractivity contribution in [3.05, 3.63) is 36.7 Å². The largest absolute Gasteiger partial charge is 0.309 e. The molecule has 0 aliphatic rings. The van der Waals surface area contributed by atoms with Crippen LogP contribution >= 0.6 is 43.2 Å². The molecule has 1 atom stereocenters. The molecule has 2 rings (SSSR count). The first-order valence-electron chi connectivity index (χ1n) is 7.26. The van der Waals surface area contributed by atoms with Crippen molar-refractivity contribution in [2.75, 3.05) is 6.54 Å². The van der Waals surface area contributed by atoms with Crippen LogP contribution in [0.5, 0.6) is 0 Å². The number of hydrogen-bond donors (Lipinski definition) is 1. The monoisotopic (exact) mass is 433 g/mol. The Kier molecular flexibility index (Phi) is 6.47. The second-order valence-corrected chi connectivity index (χ2v) is 8.33. The van der Waals surface area contributed by atoms with E-state index in [2.05, 4.69) is 79.9 Å². The van der Waals surface area contributed by atoms with Gasteiger partial charge in [0.2, 0.25) is 0 Å². The number of thiophene rings is 1. The molecule has 2 heterocycles. The molecule has 116 valence electrons. The lowest BCUT2D eigenvalue weighted by Gasteiger charge is -2.17. The molecule has 0 radical (unpaired) electrons. The summed E-state index contributed by atoms with van der Waals surface area (Å²) in [4.78, 5) is 1.35. The molecular weight excluding hydrogens is 414 g/mol. The molecule has 0 amide bonds. The third kappa shape index (κ3) is 4.41. The van der Waals surface area contributed by atoms with Crippen LogP contribution < -0.4 is 5.32 Å². The van der Waals surface area contributed by atoms with E-state index in [1.54, 1.807) is 11.3 Å². The van der Waals surface area contributed by atoms with Crippen LogP contribution in [0, 0.1) is 6.92 Å². The highest BCUT2D eigenvalue weighted by Gasteiger charge is 2.18. The molecule has 6 heteroatoms. The number of rotatable bonds is 7. The Balaban J connectivity index is 2.23. The molecule has 0 bridgehead atoms. The molecule has 0 aliphatic heterocycles. The van der Waals surface area contributed by atoms with Gasteiger partial charge in [-0.1, -0.05) is 6.92 Å². The van der Waals surface area contributed by atoms with Crippen molar-refractivity contribution in [3.63, 3.8) is 0 Å². The Hall–Kier alpha value is -0.170. The number of nitrogens with one attached hydrogen (secondary N) is 1. The normalized spacial score (nSPS) is 12.8. The highest BCUT2D eigenvalue weighted by Crippen LogP contribution is 2.36. The third-order valence-electron chi connectivity index (χ3n) is 3.35. The van der Waals surface area contributed by atoms with Gasteiger partial charge < -0.3 is 5.32 Å². The van der Waals surface area contributed by atoms with Crippen LogP contribution in [0.1, 0.15) is 42.6 Å². The van der Waals surface area contributed by atoms with Crippen LogP contribution in [-0.2, 0) is 13.0 Å². The number of nitrogens with zero attached hydrogens (tertiary/aromatic N) is 2. The maximum atomic E-state index is 4.55. The molecule has 1 unspecified atom stereocenters. The molecule has 21 heavy (non-hydrogen) atoms. The standard InChI is InChI=1S/C15H21Br2N3S/c1-4-6-18-13(14-9-12(16)15(17)21-14)8-11-7-10(3)19-20(11)5-2/h7,9,13,18H,4-6,8H2,1-3H3. The van der Waals surface area contributed by atoms with E-state index in [0.717, 1.165) is 39.9 Å². The van der Waals surface area contributed by atoms with Crippen LogP contribution in [0.15, 0.2) is 20.4 Å². The van der Waals surface area contributed by atoms with Crippen LogP contribution in [0.25, 0.3) is 0 Å². The lowest BCUT2D eigenvalue weighted by molar-refractivity contribution is 0.508. The van der Waals surface area contributed by atoms with Crippen molar-refractivity contribution in [1.29, 1.82) is 0 Å². The SMILES string of the molecule is CCCNC(Cc1cc(C)nn1CC)c1cc(Br)c(Br)s1. The molecule has 1 N–H and O–H groups in total. The Labute approximate surface area is 147 Å². The van der Waals surface area contributed by atoms with E-state index in [0.29, 0.717) is 6.04 Å². The molecule has 3 nitrogen and oxygen atoms in total. The van der Waals surface area contributed by atoms with E-state index in [1.807, 2.05) is 0 Å². The quantitative estimate of drug-likeness (QED) is 0.658. The summed E-state index contributed by atoms with van der Waals surface area (Å²) in [5.74, 6) is 0. The Bertz CT molecular complexity index is 572. The number of aryl methyl sites for hydroxylation is 2. The fourth-order valence-corrected chi connectivity index (χ4v) is 4.54. The first kappa shape index (κ1) is 17.2. The summed E-state index contributed by atoms with van der Waals surface area (Å²) in [7, 11) is 0. The highest BCUT2D eigenvalue weighted by molar-refractivity contribution is 9.13. The average molecular weight is 435 g/mol. The summed E-state index contributed by atoms with van der Waals surface area (Å²) in [5, 5.41) is 8.22. The Morgan fingerprint density at radius 2 is 2.10 bits per heavy atom. The van der Waals surface area contributed by atoms with Gasteiger partial charge in [0.1, 0.15) is 0 Å². The third-order valence-corrected chi connectivity index (χ3v) is 6.72. The van der Waals surface area contributed by atoms with Gasteiger partial charge in [-0.15, -0.1) is 11.3 Å². The summed E-state index contributed by atoms with van der Waals surface area (Å²) in [5.41, 5.74) is 2.39. The summed E-state index contributed by atoms with van der Waals surface area (Å²) in [6.07, 6.45) is 2.10. The number of hydrogen-bond acceptors (Lipinski definition) is 3. The second-order valence-electron chi connectivity index (χ2n) is 5.07. The average Bonchev–Trinajstić information content (AvgIpc) is 2.97. The van der Waals surface area contributed by atoms with Gasteiger partial charge in [-0.3, -0.25) is 4.68 Å². The van der Waals surface area contributed by atoms with Crippen molar-refractivity contribution in [2.24, 2.45) is 0 Å². The minimum Gasteiger partial charge on any atom is -0.309 e. The van der Waals surface area contributed by atoms with Gasteiger partial charge in [0.05, 0.1) is 9.48 Å². The number of halogens is 2.